The number of rotatable bonds is 4. The Morgan fingerprint density at radius 1 is 1.21 bits per heavy atom. The van der Waals surface area contributed by atoms with Gasteiger partial charge in [0.15, 0.2) is 21.3 Å². The lowest BCUT2D eigenvalue weighted by atomic mass is 10.3. The van der Waals surface area contributed by atoms with Crippen LogP contribution in [0.15, 0.2) is 53.9 Å². The van der Waals surface area contributed by atoms with Gasteiger partial charge in [0.1, 0.15) is 6.07 Å². The van der Waals surface area contributed by atoms with Gasteiger partial charge in [0.05, 0.1) is 28.7 Å². The molecule has 0 spiro atoms. The first-order valence-corrected chi connectivity index (χ1v) is 8.70. The van der Waals surface area contributed by atoms with Crippen molar-refractivity contribution in [2.24, 2.45) is 0 Å². The van der Waals surface area contributed by atoms with E-state index in [2.05, 4.69) is 20.4 Å². The van der Waals surface area contributed by atoms with Gasteiger partial charge in [-0.25, -0.2) is 23.1 Å². The van der Waals surface area contributed by atoms with Crippen molar-refractivity contribution < 1.29 is 8.42 Å². The second-order valence-corrected chi connectivity index (χ2v) is 6.89. The van der Waals surface area contributed by atoms with Crippen molar-refractivity contribution in [1.82, 2.24) is 19.7 Å². The van der Waals surface area contributed by atoms with Gasteiger partial charge in [-0.15, -0.1) is 0 Å². The van der Waals surface area contributed by atoms with Crippen molar-refractivity contribution in [3.05, 3.63) is 54.7 Å². The predicted octanol–water partition coefficient (Wildman–Crippen LogP) is 1.68. The molecule has 0 atom stereocenters. The smallest absolute Gasteiger partial charge is 0.183 e. The van der Waals surface area contributed by atoms with E-state index in [0.717, 1.165) is 6.26 Å². The Hall–Kier alpha value is -3.25. The zero-order valence-corrected chi connectivity index (χ0v) is 13.4. The molecule has 8 nitrogen and oxygen atoms in total. The lowest BCUT2D eigenvalue weighted by Gasteiger charge is -2.07. The van der Waals surface area contributed by atoms with Crippen LogP contribution in [0.1, 0.15) is 5.69 Å². The Labute approximate surface area is 138 Å². The zero-order valence-electron chi connectivity index (χ0n) is 12.6. The van der Waals surface area contributed by atoms with Crippen LogP contribution in [0.3, 0.4) is 0 Å². The number of anilines is 2. The summed E-state index contributed by atoms with van der Waals surface area (Å²) in [6.45, 7) is 0. The third-order valence-corrected chi connectivity index (χ3v) is 4.31. The van der Waals surface area contributed by atoms with Crippen LogP contribution in [0.25, 0.3) is 5.69 Å². The average Bonchev–Trinajstić information content (AvgIpc) is 3.03. The number of nitrogens with one attached hydrogen (secondary N) is 1. The molecule has 0 aliphatic heterocycles. The molecule has 0 saturated carbocycles. The van der Waals surface area contributed by atoms with Crippen LogP contribution < -0.4 is 5.32 Å². The van der Waals surface area contributed by atoms with Gasteiger partial charge in [0, 0.05) is 18.6 Å². The summed E-state index contributed by atoms with van der Waals surface area (Å²) in [6.07, 6.45) is 7.16. The molecule has 0 radical (unpaired) electrons. The Balaban J connectivity index is 1.97. The SMILES string of the molecule is CS(=O)(=O)c1ccccc1-n1cc(Nc2nccnc2C#N)cn1. The lowest BCUT2D eigenvalue weighted by Crippen LogP contribution is -2.05. The Morgan fingerprint density at radius 3 is 2.71 bits per heavy atom. The molecule has 0 aliphatic carbocycles. The van der Waals surface area contributed by atoms with E-state index in [1.165, 1.54) is 29.3 Å². The molecule has 3 aromatic rings. The molecule has 120 valence electrons. The highest BCUT2D eigenvalue weighted by atomic mass is 32.2. The topological polar surface area (TPSA) is 114 Å². The monoisotopic (exact) mass is 340 g/mol. The molecule has 3 rings (SSSR count). The van der Waals surface area contributed by atoms with Gasteiger partial charge in [-0.2, -0.15) is 10.4 Å². The Morgan fingerprint density at radius 2 is 1.96 bits per heavy atom. The van der Waals surface area contributed by atoms with Crippen LogP contribution in [0.5, 0.6) is 0 Å². The third-order valence-electron chi connectivity index (χ3n) is 3.16. The Kier molecular flexibility index (Phi) is 3.97. The number of benzene rings is 1. The van der Waals surface area contributed by atoms with E-state index in [1.807, 2.05) is 6.07 Å². The maximum Gasteiger partial charge on any atom is 0.183 e. The quantitative estimate of drug-likeness (QED) is 0.768. The average molecular weight is 340 g/mol. The van der Waals surface area contributed by atoms with E-state index in [1.54, 1.807) is 24.4 Å². The molecular formula is C15H12N6O2S. The molecule has 0 saturated heterocycles. The van der Waals surface area contributed by atoms with E-state index < -0.39 is 9.84 Å². The third kappa shape index (κ3) is 3.09. The van der Waals surface area contributed by atoms with Crippen molar-refractivity contribution in [1.29, 1.82) is 5.26 Å². The number of aromatic nitrogens is 4. The fraction of sp³-hybridized carbons (Fsp3) is 0.0667. The summed E-state index contributed by atoms with van der Waals surface area (Å²) in [6, 6.07) is 8.51. The summed E-state index contributed by atoms with van der Waals surface area (Å²) < 4.78 is 25.2. The first-order chi connectivity index (χ1) is 11.5. The molecule has 1 aromatic carbocycles. The lowest BCUT2D eigenvalue weighted by molar-refractivity contribution is 0.600. The minimum atomic E-state index is -3.39. The molecular weight excluding hydrogens is 328 g/mol. The largest absolute Gasteiger partial charge is 0.335 e. The van der Waals surface area contributed by atoms with E-state index in [4.69, 9.17) is 5.26 Å². The van der Waals surface area contributed by atoms with Crippen LogP contribution in [-0.4, -0.2) is 34.4 Å². The summed E-state index contributed by atoms with van der Waals surface area (Å²) in [5, 5.41) is 16.1. The molecule has 0 aliphatic rings. The van der Waals surface area contributed by atoms with Crippen molar-refractivity contribution >= 4 is 21.3 Å². The van der Waals surface area contributed by atoms with E-state index >= 15 is 0 Å². The van der Waals surface area contributed by atoms with Crippen LogP contribution in [0, 0.1) is 11.3 Å². The van der Waals surface area contributed by atoms with Gasteiger partial charge in [-0.3, -0.25) is 0 Å². The molecule has 2 aromatic heterocycles. The van der Waals surface area contributed by atoms with Crippen LogP contribution in [-0.2, 0) is 9.84 Å². The second-order valence-electron chi connectivity index (χ2n) is 4.90. The summed E-state index contributed by atoms with van der Waals surface area (Å²) in [4.78, 5) is 8.14. The molecule has 0 amide bonds. The molecule has 2 heterocycles. The van der Waals surface area contributed by atoms with Gasteiger partial charge >= 0.3 is 0 Å². The van der Waals surface area contributed by atoms with Crippen LogP contribution in [0.4, 0.5) is 11.5 Å². The minimum absolute atomic E-state index is 0.154. The standard InChI is InChI=1S/C15H12N6O2S/c1-24(22,23)14-5-3-2-4-13(14)21-10-11(9-19-21)20-15-12(8-16)17-6-7-18-15/h2-7,9-10H,1H3,(H,18,20). The maximum absolute atomic E-state index is 11.9. The minimum Gasteiger partial charge on any atom is -0.335 e. The molecule has 9 heteroatoms. The van der Waals surface area contributed by atoms with Crippen molar-refractivity contribution in [2.75, 3.05) is 11.6 Å². The number of hydrogen-bond acceptors (Lipinski definition) is 7. The van der Waals surface area contributed by atoms with Crippen LogP contribution >= 0.6 is 0 Å². The molecule has 24 heavy (non-hydrogen) atoms. The number of nitriles is 1. The Bertz CT molecular complexity index is 1040. The van der Waals surface area contributed by atoms with Gasteiger partial charge < -0.3 is 5.32 Å². The highest BCUT2D eigenvalue weighted by Gasteiger charge is 2.15. The zero-order chi connectivity index (χ0) is 17.2. The number of hydrogen-bond donors (Lipinski definition) is 1. The molecule has 0 bridgehead atoms. The van der Waals surface area contributed by atoms with Crippen molar-refractivity contribution in [3.63, 3.8) is 0 Å². The van der Waals surface area contributed by atoms with Gasteiger partial charge in [0.2, 0.25) is 0 Å². The predicted molar refractivity (Wildman–Crippen MR) is 86.7 cm³/mol. The van der Waals surface area contributed by atoms with E-state index in [0.29, 0.717) is 17.2 Å². The van der Waals surface area contributed by atoms with Gasteiger partial charge in [0.25, 0.3) is 0 Å². The van der Waals surface area contributed by atoms with E-state index in [9.17, 15) is 8.42 Å². The molecule has 0 unspecified atom stereocenters. The number of nitrogens with zero attached hydrogens (tertiary/aromatic N) is 5. The normalized spacial score (nSPS) is 11.0. The van der Waals surface area contributed by atoms with Crippen molar-refractivity contribution in [2.45, 2.75) is 4.90 Å². The summed E-state index contributed by atoms with van der Waals surface area (Å²) in [5.74, 6) is 0.302. The highest BCUT2D eigenvalue weighted by Crippen LogP contribution is 2.22. The number of sulfone groups is 1. The fourth-order valence-corrected chi connectivity index (χ4v) is 2.99. The first-order valence-electron chi connectivity index (χ1n) is 6.81. The summed E-state index contributed by atoms with van der Waals surface area (Å²) in [7, 11) is -3.39. The van der Waals surface area contributed by atoms with E-state index in [-0.39, 0.29) is 10.6 Å². The number of para-hydroxylation sites is 1. The maximum atomic E-state index is 11.9. The van der Waals surface area contributed by atoms with Gasteiger partial charge in [-0.1, -0.05) is 12.1 Å². The molecule has 0 fully saturated rings. The van der Waals surface area contributed by atoms with Crippen LogP contribution in [0.2, 0.25) is 0 Å². The fourth-order valence-electron chi connectivity index (χ4n) is 2.13. The molecule has 1 N–H and O–H groups in total. The van der Waals surface area contributed by atoms with Gasteiger partial charge in [-0.05, 0) is 12.1 Å². The first kappa shape index (κ1) is 15.6. The highest BCUT2D eigenvalue weighted by molar-refractivity contribution is 7.90. The second kappa shape index (κ2) is 6.10. The summed E-state index contributed by atoms with van der Waals surface area (Å²) >= 11 is 0. The van der Waals surface area contributed by atoms with Crippen molar-refractivity contribution in [3.8, 4) is 11.8 Å². The summed E-state index contributed by atoms with van der Waals surface area (Å²) in [5.41, 5.74) is 1.14.